The number of nitrogens with one attached hydrogen (secondary N) is 1. The van der Waals surface area contributed by atoms with Crippen LogP contribution in [0.15, 0.2) is 59.2 Å². The number of hydrogen-bond donors (Lipinski definition) is 1. The summed E-state index contributed by atoms with van der Waals surface area (Å²) in [4.78, 5) is 16.4. The van der Waals surface area contributed by atoms with E-state index in [2.05, 4.69) is 10.3 Å². The number of amidine groups is 1. The molecular weight excluding hydrogens is 284 g/mol. The van der Waals surface area contributed by atoms with Crippen molar-refractivity contribution in [1.82, 2.24) is 5.32 Å². The van der Waals surface area contributed by atoms with Crippen molar-refractivity contribution >= 4 is 29.4 Å². The van der Waals surface area contributed by atoms with Crippen LogP contribution in [0.2, 0.25) is 5.02 Å². The van der Waals surface area contributed by atoms with E-state index >= 15 is 0 Å². The number of rotatable bonds is 2. The van der Waals surface area contributed by atoms with Gasteiger partial charge in [0.05, 0.1) is 0 Å². The molecule has 0 radical (unpaired) electrons. The normalized spacial score (nSPS) is 16.0. The fourth-order valence-electron chi connectivity index (χ4n) is 2.07. The summed E-state index contributed by atoms with van der Waals surface area (Å²) in [7, 11) is 0. The molecule has 0 fully saturated rings. The molecule has 0 saturated heterocycles. The zero-order valence-electron chi connectivity index (χ0n) is 11.4. The molecule has 2 aromatic carbocycles. The third kappa shape index (κ3) is 3.03. The standard InChI is InChI=1S/C17H13ClN2O/c1-11-5-7-13(8-6-11)16-19-15(17(21)20-16)10-12-3-2-4-14(18)9-12/h2-10H,1H3,(H,19,20,21)/b15-10+. The summed E-state index contributed by atoms with van der Waals surface area (Å²) in [5, 5.41) is 3.41. The highest BCUT2D eigenvalue weighted by molar-refractivity contribution is 6.30. The first-order chi connectivity index (χ1) is 10.1. The van der Waals surface area contributed by atoms with Gasteiger partial charge in [0.1, 0.15) is 11.5 Å². The molecule has 0 aromatic heterocycles. The molecule has 1 heterocycles. The lowest BCUT2D eigenvalue weighted by Gasteiger charge is -2.00. The second-order valence-corrected chi connectivity index (χ2v) is 5.30. The predicted octanol–water partition coefficient (Wildman–Crippen LogP) is 3.57. The number of nitrogens with zero attached hydrogens (tertiary/aromatic N) is 1. The van der Waals surface area contributed by atoms with E-state index < -0.39 is 0 Å². The maximum Gasteiger partial charge on any atom is 0.275 e. The number of benzene rings is 2. The van der Waals surface area contributed by atoms with E-state index in [-0.39, 0.29) is 5.91 Å². The minimum Gasteiger partial charge on any atom is -0.305 e. The number of hydrogen-bond acceptors (Lipinski definition) is 2. The van der Waals surface area contributed by atoms with Crippen LogP contribution in [0, 0.1) is 6.92 Å². The monoisotopic (exact) mass is 296 g/mol. The van der Waals surface area contributed by atoms with Gasteiger partial charge in [0.25, 0.3) is 5.91 Å². The molecule has 4 heteroatoms. The van der Waals surface area contributed by atoms with E-state index in [4.69, 9.17) is 11.6 Å². The highest BCUT2D eigenvalue weighted by atomic mass is 35.5. The lowest BCUT2D eigenvalue weighted by Crippen LogP contribution is -2.24. The van der Waals surface area contributed by atoms with Crippen molar-refractivity contribution in [1.29, 1.82) is 0 Å². The average Bonchev–Trinajstić information content (AvgIpc) is 2.81. The second kappa shape index (κ2) is 5.54. The van der Waals surface area contributed by atoms with E-state index in [1.54, 1.807) is 18.2 Å². The first kappa shape index (κ1) is 13.6. The quantitative estimate of drug-likeness (QED) is 0.846. The van der Waals surface area contributed by atoms with Gasteiger partial charge in [-0.2, -0.15) is 0 Å². The van der Waals surface area contributed by atoms with Crippen molar-refractivity contribution in [2.45, 2.75) is 6.92 Å². The molecule has 0 atom stereocenters. The molecule has 1 N–H and O–H groups in total. The van der Waals surface area contributed by atoms with Crippen molar-refractivity contribution in [3.63, 3.8) is 0 Å². The zero-order chi connectivity index (χ0) is 14.8. The van der Waals surface area contributed by atoms with Crippen LogP contribution in [-0.2, 0) is 4.79 Å². The van der Waals surface area contributed by atoms with Crippen molar-refractivity contribution in [3.8, 4) is 0 Å². The number of carbonyl (C=O) groups excluding carboxylic acids is 1. The van der Waals surface area contributed by atoms with Crippen molar-refractivity contribution in [2.75, 3.05) is 0 Å². The zero-order valence-corrected chi connectivity index (χ0v) is 12.2. The summed E-state index contributed by atoms with van der Waals surface area (Å²) in [6.45, 7) is 2.02. The third-order valence-electron chi connectivity index (χ3n) is 3.17. The largest absolute Gasteiger partial charge is 0.305 e. The van der Waals surface area contributed by atoms with Gasteiger partial charge >= 0.3 is 0 Å². The fraction of sp³-hybridized carbons (Fsp3) is 0.0588. The number of carbonyl (C=O) groups is 1. The topological polar surface area (TPSA) is 41.5 Å². The van der Waals surface area contributed by atoms with Gasteiger partial charge in [0.2, 0.25) is 0 Å². The first-order valence-electron chi connectivity index (χ1n) is 6.56. The van der Waals surface area contributed by atoms with Gasteiger partial charge in [0.15, 0.2) is 0 Å². The average molecular weight is 297 g/mol. The van der Waals surface area contributed by atoms with E-state index in [0.717, 1.165) is 11.1 Å². The maximum atomic E-state index is 12.0. The van der Waals surface area contributed by atoms with Crippen LogP contribution in [0.4, 0.5) is 0 Å². The maximum absolute atomic E-state index is 12.0. The Morgan fingerprint density at radius 1 is 1.14 bits per heavy atom. The molecule has 0 saturated carbocycles. The summed E-state index contributed by atoms with van der Waals surface area (Å²) in [5.74, 6) is 0.374. The third-order valence-corrected chi connectivity index (χ3v) is 3.41. The van der Waals surface area contributed by atoms with Gasteiger partial charge in [-0.25, -0.2) is 4.99 Å². The summed E-state index contributed by atoms with van der Waals surface area (Å²) in [6.07, 6.45) is 1.72. The molecule has 1 aliphatic rings. The van der Waals surface area contributed by atoms with E-state index in [1.165, 1.54) is 5.56 Å². The van der Waals surface area contributed by atoms with Gasteiger partial charge < -0.3 is 5.32 Å². The highest BCUT2D eigenvalue weighted by Crippen LogP contribution is 2.17. The second-order valence-electron chi connectivity index (χ2n) is 4.87. The van der Waals surface area contributed by atoms with Gasteiger partial charge in [0, 0.05) is 10.6 Å². The van der Waals surface area contributed by atoms with Gasteiger partial charge in [-0.3, -0.25) is 4.79 Å². The van der Waals surface area contributed by atoms with Crippen LogP contribution in [0.25, 0.3) is 6.08 Å². The molecule has 21 heavy (non-hydrogen) atoms. The van der Waals surface area contributed by atoms with Gasteiger partial charge in [-0.1, -0.05) is 53.6 Å². The minimum absolute atomic E-state index is 0.203. The summed E-state index contributed by atoms with van der Waals surface area (Å²) < 4.78 is 0. The van der Waals surface area contributed by atoms with Crippen LogP contribution in [0.1, 0.15) is 16.7 Å². The van der Waals surface area contributed by atoms with Crippen LogP contribution in [-0.4, -0.2) is 11.7 Å². The Morgan fingerprint density at radius 3 is 2.62 bits per heavy atom. The van der Waals surface area contributed by atoms with Crippen LogP contribution in [0.3, 0.4) is 0 Å². The molecular formula is C17H13ClN2O. The Bertz CT molecular complexity index is 761. The molecule has 1 amide bonds. The Hall–Kier alpha value is -2.39. The Kier molecular flexibility index (Phi) is 3.59. The lowest BCUT2D eigenvalue weighted by molar-refractivity contribution is -0.115. The lowest BCUT2D eigenvalue weighted by atomic mass is 10.1. The van der Waals surface area contributed by atoms with E-state index in [0.29, 0.717) is 16.6 Å². The van der Waals surface area contributed by atoms with Crippen LogP contribution < -0.4 is 5.32 Å². The number of aryl methyl sites for hydroxylation is 1. The molecule has 0 unspecified atom stereocenters. The number of amides is 1. The van der Waals surface area contributed by atoms with E-state index in [9.17, 15) is 4.79 Å². The highest BCUT2D eigenvalue weighted by Gasteiger charge is 2.20. The van der Waals surface area contributed by atoms with Crippen molar-refractivity contribution in [3.05, 3.63) is 75.9 Å². The molecule has 3 rings (SSSR count). The van der Waals surface area contributed by atoms with E-state index in [1.807, 2.05) is 43.3 Å². The number of halogens is 1. The summed E-state index contributed by atoms with van der Waals surface area (Å²) in [6, 6.07) is 15.2. The molecule has 0 aliphatic carbocycles. The number of aliphatic imine (C=N–C) groups is 1. The van der Waals surface area contributed by atoms with Crippen molar-refractivity contribution in [2.24, 2.45) is 4.99 Å². The first-order valence-corrected chi connectivity index (χ1v) is 6.94. The minimum atomic E-state index is -0.203. The molecule has 0 bridgehead atoms. The fourth-order valence-corrected chi connectivity index (χ4v) is 2.27. The predicted molar refractivity (Wildman–Crippen MR) is 85.3 cm³/mol. The SMILES string of the molecule is Cc1ccc(C2=N/C(=C/c3cccc(Cl)c3)C(=O)N2)cc1. The van der Waals surface area contributed by atoms with Crippen LogP contribution >= 0.6 is 11.6 Å². The Labute approximate surface area is 128 Å². The smallest absolute Gasteiger partial charge is 0.275 e. The van der Waals surface area contributed by atoms with Gasteiger partial charge in [-0.05, 0) is 30.7 Å². The van der Waals surface area contributed by atoms with Crippen molar-refractivity contribution < 1.29 is 4.79 Å². The molecule has 2 aromatic rings. The molecule has 0 spiro atoms. The summed E-state index contributed by atoms with van der Waals surface area (Å²) >= 11 is 5.94. The Morgan fingerprint density at radius 2 is 1.90 bits per heavy atom. The molecule has 104 valence electrons. The molecule has 3 nitrogen and oxygen atoms in total. The van der Waals surface area contributed by atoms with Gasteiger partial charge in [-0.15, -0.1) is 0 Å². The Balaban J connectivity index is 1.93. The summed E-state index contributed by atoms with van der Waals surface area (Å²) in [5.41, 5.74) is 3.29. The van der Waals surface area contributed by atoms with Crippen LogP contribution in [0.5, 0.6) is 0 Å². The molecule has 1 aliphatic heterocycles.